The van der Waals surface area contributed by atoms with E-state index in [1.807, 2.05) is 12.1 Å². The van der Waals surface area contributed by atoms with Crippen LogP contribution in [-0.4, -0.2) is 11.0 Å². The fourth-order valence-corrected chi connectivity index (χ4v) is 2.47. The van der Waals surface area contributed by atoms with Gasteiger partial charge in [0, 0.05) is 11.3 Å². The summed E-state index contributed by atoms with van der Waals surface area (Å²) in [6.07, 6.45) is 0. The van der Waals surface area contributed by atoms with Crippen LogP contribution in [0.25, 0.3) is 0 Å². The molecule has 0 radical (unpaired) electrons. The number of benzene rings is 3. The van der Waals surface area contributed by atoms with Gasteiger partial charge in [0.15, 0.2) is 0 Å². The van der Waals surface area contributed by atoms with Gasteiger partial charge in [0.05, 0.1) is 10.0 Å². The second-order valence-electron chi connectivity index (χ2n) is 5.18. The number of para-hydroxylation sites is 1. The van der Waals surface area contributed by atoms with Crippen molar-refractivity contribution in [2.75, 3.05) is 5.32 Å². The zero-order chi connectivity index (χ0) is 17.8. The zero-order valence-electron chi connectivity index (χ0n) is 12.9. The number of phenolic OH excluding ortho intramolecular Hbond substituents is 1. The van der Waals surface area contributed by atoms with Gasteiger partial charge in [-0.25, -0.2) is 0 Å². The number of amides is 1. The molecule has 6 heteroatoms. The van der Waals surface area contributed by atoms with E-state index in [9.17, 15) is 9.90 Å². The maximum Gasteiger partial charge on any atom is 0.255 e. The summed E-state index contributed by atoms with van der Waals surface area (Å²) in [4.78, 5) is 12.2. The first-order valence-electron chi connectivity index (χ1n) is 7.35. The second kappa shape index (κ2) is 7.47. The van der Waals surface area contributed by atoms with Gasteiger partial charge >= 0.3 is 0 Å². The predicted molar refractivity (Wildman–Crippen MR) is 99.0 cm³/mol. The Kier molecular flexibility index (Phi) is 5.12. The number of halogens is 2. The van der Waals surface area contributed by atoms with Crippen LogP contribution < -0.4 is 10.1 Å². The molecule has 0 spiro atoms. The molecule has 3 aromatic rings. The predicted octanol–water partition coefficient (Wildman–Crippen LogP) is 5.74. The fraction of sp³-hybridized carbons (Fsp3) is 0. The number of anilines is 1. The fourth-order valence-electron chi connectivity index (χ4n) is 2.11. The highest BCUT2D eigenvalue weighted by molar-refractivity contribution is 6.32. The van der Waals surface area contributed by atoms with Gasteiger partial charge in [0.1, 0.15) is 17.2 Å². The lowest BCUT2D eigenvalue weighted by atomic mass is 10.2. The summed E-state index contributed by atoms with van der Waals surface area (Å²) in [5, 5.41) is 12.8. The van der Waals surface area contributed by atoms with Gasteiger partial charge in [0.25, 0.3) is 5.91 Å². The average Bonchev–Trinajstić information content (AvgIpc) is 2.61. The van der Waals surface area contributed by atoms with Gasteiger partial charge < -0.3 is 15.2 Å². The summed E-state index contributed by atoms with van der Waals surface area (Å²) in [7, 11) is 0. The van der Waals surface area contributed by atoms with E-state index < -0.39 is 0 Å². The smallest absolute Gasteiger partial charge is 0.255 e. The molecule has 0 unspecified atom stereocenters. The van der Waals surface area contributed by atoms with Crippen molar-refractivity contribution in [3.05, 3.63) is 82.3 Å². The number of nitrogens with one attached hydrogen (secondary N) is 1. The van der Waals surface area contributed by atoms with E-state index in [0.717, 1.165) is 0 Å². The van der Waals surface area contributed by atoms with Crippen molar-refractivity contribution in [1.29, 1.82) is 0 Å². The highest BCUT2D eigenvalue weighted by atomic mass is 35.5. The van der Waals surface area contributed by atoms with Gasteiger partial charge in [-0.15, -0.1) is 0 Å². The molecular weight excluding hydrogens is 361 g/mol. The third kappa shape index (κ3) is 4.24. The molecule has 3 rings (SSSR count). The Balaban J connectivity index is 1.69. The quantitative estimate of drug-likeness (QED) is 0.612. The van der Waals surface area contributed by atoms with Crippen LogP contribution in [0.2, 0.25) is 10.0 Å². The summed E-state index contributed by atoms with van der Waals surface area (Å²) >= 11 is 11.9. The van der Waals surface area contributed by atoms with Crippen molar-refractivity contribution in [2.24, 2.45) is 0 Å². The summed E-state index contributed by atoms with van der Waals surface area (Å²) in [5.74, 6) is 0.749. The van der Waals surface area contributed by atoms with Crippen LogP contribution in [0.4, 0.5) is 5.69 Å². The number of carbonyl (C=O) groups excluding carboxylic acids is 1. The molecule has 0 fully saturated rings. The van der Waals surface area contributed by atoms with E-state index in [4.69, 9.17) is 27.9 Å². The zero-order valence-corrected chi connectivity index (χ0v) is 14.4. The van der Waals surface area contributed by atoms with Crippen LogP contribution >= 0.6 is 23.2 Å². The van der Waals surface area contributed by atoms with Gasteiger partial charge in [-0.1, -0.05) is 35.3 Å². The number of rotatable bonds is 4. The van der Waals surface area contributed by atoms with Crippen LogP contribution in [0.15, 0.2) is 66.7 Å². The van der Waals surface area contributed by atoms with E-state index in [-0.39, 0.29) is 16.7 Å². The number of phenols is 1. The topological polar surface area (TPSA) is 58.6 Å². The van der Waals surface area contributed by atoms with Crippen LogP contribution in [0.1, 0.15) is 10.4 Å². The lowest BCUT2D eigenvalue weighted by molar-refractivity contribution is 0.102. The molecule has 2 N–H and O–H groups in total. The summed E-state index contributed by atoms with van der Waals surface area (Å²) in [5.41, 5.74) is 0.944. The molecule has 0 aromatic heterocycles. The van der Waals surface area contributed by atoms with Crippen molar-refractivity contribution in [2.45, 2.75) is 0 Å². The van der Waals surface area contributed by atoms with E-state index in [1.165, 1.54) is 18.2 Å². The Hall–Kier alpha value is -2.69. The number of hydrogen-bond acceptors (Lipinski definition) is 3. The van der Waals surface area contributed by atoms with Gasteiger partial charge in [-0.05, 0) is 54.6 Å². The van der Waals surface area contributed by atoms with Crippen molar-refractivity contribution in [1.82, 2.24) is 0 Å². The summed E-state index contributed by atoms with van der Waals surface area (Å²) < 4.78 is 5.69. The molecule has 0 aliphatic rings. The second-order valence-corrected chi connectivity index (χ2v) is 5.99. The molecule has 0 aliphatic heterocycles. The molecule has 126 valence electrons. The van der Waals surface area contributed by atoms with Crippen molar-refractivity contribution >= 4 is 34.8 Å². The molecular formula is C19H13Cl2NO3. The van der Waals surface area contributed by atoms with Gasteiger partial charge in [-0.2, -0.15) is 0 Å². The normalized spacial score (nSPS) is 10.3. The molecule has 3 aromatic carbocycles. The first-order valence-corrected chi connectivity index (χ1v) is 8.11. The van der Waals surface area contributed by atoms with E-state index in [1.54, 1.807) is 36.4 Å². The van der Waals surface area contributed by atoms with Crippen LogP contribution in [-0.2, 0) is 0 Å². The van der Waals surface area contributed by atoms with Gasteiger partial charge in [0.2, 0.25) is 0 Å². The first kappa shape index (κ1) is 17.1. The SMILES string of the molecule is O=C(Nc1ccc(Oc2ccccc2Cl)cc1)c1ccc(O)c(Cl)c1. The summed E-state index contributed by atoms with van der Waals surface area (Å²) in [6, 6.07) is 18.3. The molecule has 25 heavy (non-hydrogen) atoms. The highest BCUT2D eigenvalue weighted by Crippen LogP contribution is 2.29. The largest absolute Gasteiger partial charge is 0.506 e. The number of aromatic hydroxyl groups is 1. The Bertz CT molecular complexity index is 911. The summed E-state index contributed by atoms with van der Waals surface area (Å²) in [6.45, 7) is 0. The molecule has 0 atom stereocenters. The van der Waals surface area contributed by atoms with E-state index in [0.29, 0.717) is 27.8 Å². The lowest BCUT2D eigenvalue weighted by Gasteiger charge is -2.09. The minimum absolute atomic E-state index is 0.0701. The Morgan fingerprint density at radius 1 is 0.920 bits per heavy atom. The number of hydrogen-bond donors (Lipinski definition) is 2. The highest BCUT2D eigenvalue weighted by Gasteiger charge is 2.09. The van der Waals surface area contributed by atoms with E-state index >= 15 is 0 Å². The lowest BCUT2D eigenvalue weighted by Crippen LogP contribution is -2.11. The van der Waals surface area contributed by atoms with Crippen LogP contribution in [0, 0.1) is 0 Å². The standard InChI is InChI=1S/C19H13Cl2NO3/c20-15-3-1-2-4-18(15)25-14-8-6-13(7-9-14)22-19(24)12-5-10-17(23)16(21)11-12/h1-11,23H,(H,22,24). The van der Waals surface area contributed by atoms with Crippen LogP contribution in [0.5, 0.6) is 17.2 Å². The molecule has 1 amide bonds. The molecule has 0 heterocycles. The maximum atomic E-state index is 12.2. The molecule has 0 aliphatic carbocycles. The van der Waals surface area contributed by atoms with Crippen molar-refractivity contribution in [3.8, 4) is 17.2 Å². The van der Waals surface area contributed by atoms with Crippen LogP contribution in [0.3, 0.4) is 0 Å². The third-order valence-corrected chi connectivity index (χ3v) is 4.00. The maximum absolute atomic E-state index is 12.2. The minimum atomic E-state index is -0.332. The number of ether oxygens (including phenoxy) is 1. The Morgan fingerprint density at radius 2 is 1.64 bits per heavy atom. The van der Waals surface area contributed by atoms with E-state index in [2.05, 4.69) is 5.32 Å². The third-order valence-electron chi connectivity index (χ3n) is 3.39. The Morgan fingerprint density at radius 3 is 2.32 bits per heavy atom. The Labute approximate surface area is 154 Å². The van der Waals surface area contributed by atoms with Gasteiger partial charge in [-0.3, -0.25) is 4.79 Å². The molecule has 0 saturated carbocycles. The first-order chi connectivity index (χ1) is 12.0. The monoisotopic (exact) mass is 373 g/mol. The van der Waals surface area contributed by atoms with Crippen molar-refractivity contribution < 1.29 is 14.6 Å². The molecule has 0 saturated heterocycles. The molecule has 4 nitrogen and oxygen atoms in total. The molecule has 0 bridgehead atoms. The number of carbonyl (C=O) groups is 1. The minimum Gasteiger partial charge on any atom is -0.506 e. The van der Waals surface area contributed by atoms with Crippen molar-refractivity contribution in [3.63, 3.8) is 0 Å². The average molecular weight is 374 g/mol.